The molecule has 1 aromatic rings. The maximum atomic E-state index is 12.8. The van der Waals surface area contributed by atoms with Crippen LogP contribution in [-0.2, 0) is 9.68 Å². The first-order chi connectivity index (χ1) is 14.5. The van der Waals surface area contributed by atoms with Crippen LogP contribution in [0.15, 0.2) is 12.1 Å². The summed E-state index contributed by atoms with van der Waals surface area (Å²) in [7, 11) is 0. The van der Waals surface area contributed by atoms with E-state index in [2.05, 4.69) is 0 Å². The third-order valence-corrected chi connectivity index (χ3v) is 4.63. The van der Waals surface area contributed by atoms with Gasteiger partial charge in [-0.25, -0.2) is 9.63 Å². The molecule has 0 aliphatic carbocycles. The lowest BCUT2D eigenvalue weighted by molar-refractivity contribution is -0.766. The normalized spacial score (nSPS) is 16.5. The number of carbonyl (C=O) groups excluding carboxylic acids is 3. The molecular weight excluding hydrogens is 406 g/mol. The Labute approximate surface area is 180 Å². The highest BCUT2D eigenvalue weighted by molar-refractivity contribution is 6.21. The summed E-state index contributed by atoms with van der Waals surface area (Å²) in [5, 5.41) is 0.435. The SMILES string of the molecule is CC(C)Oc1cc2c(cc1[N+](=O)OC(C)(C)C)C(=O)N(OC(=O)N1CCCCC1)C2=O. The third-order valence-electron chi connectivity index (χ3n) is 4.63. The second kappa shape index (κ2) is 8.52. The van der Waals surface area contributed by atoms with E-state index >= 15 is 0 Å². The maximum absolute atomic E-state index is 12.8. The molecule has 0 spiro atoms. The first-order valence-corrected chi connectivity index (χ1v) is 10.3. The molecule has 168 valence electrons. The van der Waals surface area contributed by atoms with Crippen LogP contribution < -0.4 is 4.74 Å². The van der Waals surface area contributed by atoms with Crippen LogP contribution in [0.1, 0.15) is 74.6 Å². The van der Waals surface area contributed by atoms with E-state index in [0.717, 1.165) is 19.3 Å². The Balaban J connectivity index is 1.91. The quantitative estimate of drug-likeness (QED) is 0.513. The third kappa shape index (κ3) is 4.95. The fourth-order valence-corrected chi connectivity index (χ4v) is 3.32. The molecule has 0 N–H and O–H groups in total. The van der Waals surface area contributed by atoms with Crippen LogP contribution in [0.3, 0.4) is 0 Å². The fourth-order valence-electron chi connectivity index (χ4n) is 3.32. The van der Waals surface area contributed by atoms with Crippen LogP contribution in [0.2, 0.25) is 0 Å². The Morgan fingerprint density at radius 3 is 2.16 bits per heavy atom. The van der Waals surface area contributed by atoms with E-state index in [9.17, 15) is 19.3 Å². The Bertz CT molecular complexity index is 914. The summed E-state index contributed by atoms with van der Waals surface area (Å²) in [4.78, 5) is 62.8. The molecule has 0 atom stereocenters. The number of rotatable bonds is 5. The fraction of sp³-hybridized carbons (Fsp3) is 0.571. The van der Waals surface area contributed by atoms with Gasteiger partial charge in [0.25, 0.3) is 16.7 Å². The Hall–Kier alpha value is -3.17. The van der Waals surface area contributed by atoms with Gasteiger partial charge in [-0.1, -0.05) is 5.06 Å². The number of nitrogens with zero attached hydrogens (tertiary/aromatic N) is 3. The molecule has 0 aromatic heterocycles. The molecule has 2 aliphatic heterocycles. The smallest absolute Gasteiger partial charge is 0.434 e. The van der Waals surface area contributed by atoms with Gasteiger partial charge in [0, 0.05) is 25.2 Å². The summed E-state index contributed by atoms with van der Waals surface area (Å²) in [5.41, 5.74) is -0.945. The number of benzene rings is 1. The highest BCUT2D eigenvalue weighted by atomic mass is 16.8. The van der Waals surface area contributed by atoms with Crippen molar-refractivity contribution < 1.29 is 33.7 Å². The van der Waals surface area contributed by atoms with E-state index in [0.29, 0.717) is 18.2 Å². The van der Waals surface area contributed by atoms with Gasteiger partial charge in [0.05, 0.1) is 22.1 Å². The first-order valence-electron chi connectivity index (χ1n) is 10.3. The Morgan fingerprint density at radius 1 is 1.03 bits per heavy atom. The number of ether oxygens (including phenoxy) is 1. The minimum absolute atomic E-state index is 0.0139. The van der Waals surface area contributed by atoms with Gasteiger partial charge < -0.3 is 14.5 Å². The van der Waals surface area contributed by atoms with Crippen molar-refractivity contribution in [2.24, 2.45) is 0 Å². The molecule has 1 fully saturated rings. The van der Waals surface area contributed by atoms with Gasteiger partial charge in [0.1, 0.15) is 0 Å². The van der Waals surface area contributed by atoms with E-state index in [4.69, 9.17) is 14.4 Å². The number of hydrogen-bond acceptors (Lipinski definition) is 7. The van der Waals surface area contributed by atoms with E-state index in [1.807, 2.05) is 0 Å². The average molecular weight is 434 g/mol. The van der Waals surface area contributed by atoms with E-state index < -0.39 is 23.5 Å². The van der Waals surface area contributed by atoms with Gasteiger partial charge in [0.2, 0.25) is 5.75 Å². The molecule has 3 amide bonds. The molecule has 0 bridgehead atoms. The Morgan fingerprint density at radius 2 is 1.61 bits per heavy atom. The van der Waals surface area contributed by atoms with Crippen molar-refractivity contribution >= 4 is 23.6 Å². The van der Waals surface area contributed by atoms with Crippen molar-refractivity contribution in [1.82, 2.24) is 9.96 Å². The van der Waals surface area contributed by atoms with Crippen LogP contribution >= 0.6 is 0 Å². The number of amides is 3. The lowest BCUT2D eigenvalue weighted by Crippen LogP contribution is -2.42. The molecule has 10 nitrogen and oxygen atoms in total. The number of likely N-dealkylation sites (tertiary alicyclic amines) is 1. The zero-order valence-corrected chi connectivity index (χ0v) is 18.5. The Kier molecular flexibility index (Phi) is 6.19. The molecule has 10 heteroatoms. The molecule has 1 saturated heterocycles. The summed E-state index contributed by atoms with van der Waals surface area (Å²) >= 11 is 0. The summed E-state index contributed by atoms with van der Waals surface area (Å²) in [6.45, 7) is 9.63. The second-order valence-electron chi connectivity index (χ2n) is 8.80. The van der Waals surface area contributed by atoms with Crippen molar-refractivity contribution in [3.8, 4) is 5.75 Å². The van der Waals surface area contributed by atoms with Gasteiger partial charge in [-0.3, -0.25) is 9.59 Å². The van der Waals surface area contributed by atoms with Crippen molar-refractivity contribution in [3.63, 3.8) is 0 Å². The summed E-state index contributed by atoms with van der Waals surface area (Å²) in [6, 6.07) is 2.53. The van der Waals surface area contributed by atoms with E-state index in [1.54, 1.807) is 34.6 Å². The molecule has 0 unspecified atom stereocenters. The number of piperidine rings is 1. The topological polar surface area (TPSA) is 105 Å². The highest BCUT2D eigenvalue weighted by Gasteiger charge is 2.44. The molecule has 0 saturated carbocycles. The van der Waals surface area contributed by atoms with Gasteiger partial charge in [-0.15, -0.1) is 0 Å². The van der Waals surface area contributed by atoms with E-state index in [1.165, 1.54) is 17.0 Å². The number of hydroxylamine groups is 2. The lowest BCUT2D eigenvalue weighted by Gasteiger charge is -2.26. The van der Waals surface area contributed by atoms with Gasteiger partial charge in [-0.05, 0) is 53.9 Å². The number of carbonyl (C=O) groups is 3. The largest absolute Gasteiger partial charge is 0.484 e. The van der Waals surface area contributed by atoms with Crippen LogP contribution in [0, 0.1) is 4.91 Å². The monoisotopic (exact) mass is 434 g/mol. The molecule has 3 rings (SSSR count). The van der Waals surface area contributed by atoms with Gasteiger partial charge in [-0.2, -0.15) is 0 Å². The van der Waals surface area contributed by atoms with Crippen LogP contribution in [-0.4, -0.2) is 57.6 Å². The number of hydrogen-bond donors (Lipinski definition) is 0. The molecule has 2 heterocycles. The predicted octanol–water partition coefficient (Wildman–Crippen LogP) is 3.75. The van der Waals surface area contributed by atoms with Gasteiger partial charge >= 0.3 is 11.8 Å². The standard InChI is InChI=1S/C21H28N3O7/c1-13(2)29-17-12-15-14(11-16(17)24(28)31-21(3,4)5)18(25)23(19(15)26)30-20(27)22-9-7-6-8-10-22/h11-13H,6-10H2,1-5H3/q+1. The second-order valence-corrected chi connectivity index (χ2v) is 8.80. The number of fused-ring (bicyclic) bond motifs is 1. The zero-order valence-electron chi connectivity index (χ0n) is 18.5. The maximum Gasteiger partial charge on any atom is 0.434 e. The molecule has 1 aromatic carbocycles. The van der Waals surface area contributed by atoms with Crippen molar-refractivity contribution in [1.29, 1.82) is 0 Å². The van der Waals surface area contributed by atoms with Crippen molar-refractivity contribution in [3.05, 3.63) is 28.2 Å². The van der Waals surface area contributed by atoms with Crippen molar-refractivity contribution in [2.75, 3.05) is 13.1 Å². The minimum Gasteiger partial charge on any atom is -0.484 e. The molecule has 31 heavy (non-hydrogen) atoms. The van der Waals surface area contributed by atoms with Gasteiger partial charge in [0.15, 0.2) is 5.60 Å². The zero-order chi connectivity index (χ0) is 22.9. The van der Waals surface area contributed by atoms with Crippen LogP contribution in [0.5, 0.6) is 5.75 Å². The first kappa shape index (κ1) is 22.5. The number of imide groups is 1. The summed E-state index contributed by atoms with van der Waals surface area (Å²) in [6.07, 6.45) is 1.63. The highest BCUT2D eigenvalue weighted by Crippen LogP contribution is 2.37. The summed E-state index contributed by atoms with van der Waals surface area (Å²) < 4.78 is 5.68. The molecule has 2 aliphatic rings. The summed E-state index contributed by atoms with van der Waals surface area (Å²) in [5.74, 6) is -1.54. The van der Waals surface area contributed by atoms with Crippen LogP contribution in [0.25, 0.3) is 0 Å². The minimum atomic E-state index is -0.827. The molecular formula is C21H28N3O7+. The predicted molar refractivity (Wildman–Crippen MR) is 109 cm³/mol. The molecule has 0 radical (unpaired) electrons. The lowest BCUT2D eigenvalue weighted by atomic mass is 10.1. The van der Waals surface area contributed by atoms with Crippen LogP contribution in [0.4, 0.5) is 10.5 Å². The van der Waals surface area contributed by atoms with E-state index in [-0.39, 0.29) is 33.6 Å². The van der Waals surface area contributed by atoms with Crippen molar-refractivity contribution in [2.45, 2.75) is 65.6 Å². The average Bonchev–Trinajstić information content (AvgIpc) is 2.90.